The second-order valence-electron chi connectivity index (χ2n) is 9.81. The van der Waals surface area contributed by atoms with Crippen LogP contribution < -0.4 is 5.32 Å². The fraction of sp³-hybridized carbons (Fsp3) is 0.407. The summed E-state index contributed by atoms with van der Waals surface area (Å²) in [6.45, 7) is 5.88. The molecule has 0 saturated carbocycles. The SMILES string of the molecule is CC(C)CNC(=O)c1nnc2n1C[C@@H]1N(C(=O)c3ccccc3)CC[C@@]1(c1ccccc1)CC2. The number of likely N-dealkylation sites (tertiary alicyclic amines) is 1. The molecule has 7 heteroatoms. The molecule has 3 heterocycles. The summed E-state index contributed by atoms with van der Waals surface area (Å²) in [5.74, 6) is 1.31. The van der Waals surface area contributed by atoms with Crippen molar-refractivity contribution in [2.45, 2.75) is 51.1 Å². The molecule has 7 nitrogen and oxygen atoms in total. The van der Waals surface area contributed by atoms with Crippen LogP contribution in [0.1, 0.15) is 59.1 Å². The van der Waals surface area contributed by atoms with Crippen LogP contribution in [-0.4, -0.2) is 50.6 Å². The van der Waals surface area contributed by atoms with E-state index in [1.165, 1.54) is 5.56 Å². The molecule has 1 saturated heterocycles. The standard InChI is InChI=1S/C27H31N5O2/c1-19(2)17-28-25(33)24-30-29-23-13-14-27(21-11-7-4-8-12-21)15-16-31(22(27)18-32(23)24)26(34)20-9-5-3-6-10-20/h3-12,19,22H,13-18H2,1-2H3,(H,28,33)/t22-,27+/m0/s1. The van der Waals surface area contributed by atoms with Crippen LogP contribution in [0.15, 0.2) is 60.7 Å². The number of benzene rings is 2. The number of nitrogens with one attached hydrogen (secondary N) is 1. The molecule has 2 aliphatic heterocycles. The molecule has 2 atom stereocenters. The lowest BCUT2D eigenvalue weighted by atomic mass is 9.71. The zero-order valence-electron chi connectivity index (χ0n) is 19.8. The lowest BCUT2D eigenvalue weighted by Gasteiger charge is -2.37. The highest BCUT2D eigenvalue weighted by atomic mass is 16.2. The minimum atomic E-state index is -0.210. The predicted octanol–water partition coefficient (Wildman–Crippen LogP) is 3.46. The number of aromatic nitrogens is 3. The van der Waals surface area contributed by atoms with Crippen molar-refractivity contribution in [2.24, 2.45) is 5.92 Å². The van der Waals surface area contributed by atoms with Crippen LogP contribution in [0.4, 0.5) is 0 Å². The molecule has 1 aromatic heterocycles. The van der Waals surface area contributed by atoms with Crippen molar-refractivity contribution in [1.82, 2.24) is 25.0 Å². The van der Waals surface area contributed by atoms with Crippen LogP contribution in [0.3, 0.4) is 0 Å². The van der Waals surface area contributed by atoms with Crippen molar-refractivity contribution in [1.29, 1.82) is 0 Å². The van der Waals surface area contributed by atoms with Gasteiger partial charge in [-0.1, -0.05) is 62.4 Å². The second-order valence-corrected chi connectivity index (χ2v) is 9.81. The molecule has 0 bridgehead atoms. The van der Waals surface area contributed by atoms with Crippen molar-refractivity contribution >= 4 is 11.8 Å². The van der Waals surface area contributed by atoms with E-state index < -0.39 is 0 Å². The number of carbonyl (C=O) groups excluding carboxylic acids is 2. The largest absolute Gasteiger partial charge is 0.349 e. The van der Waals surface area contributed by atoms with E-state index >= 15 is 0 Å². The third kappa shape index (κ3) is 3.89. The molecule has 0 aliphatic carbocycles. The van der Waals surface area contributed by atoms with Gasteiger partial charge in [0.2, 0.25) is 5.82 Å². The minimum absolute atomic E-state index is 0.0331. The van der Waals surface area contributed by atoms with Crippen molar-refractivity contribution in [3.05, 3.63) is 83.4 Å². The Bertz CT molecular complexity index is 1170. The first-order valence-electron chi connectivity index (χ1n) is 12.1. The average molecular weight is 458 g/mol. The minimum Gasteiger partial charge on any atom is -0.349 e. The summed E-state index contributed by atoms with van der Waals surface area (Å²) in [5.41, 5.74) is 1.74. The topological polar surface area (TPSA) is 80.1 Å². The third-order valence-corrected chi connectivity index (χ3v) is 7.29. The Balaban J connectivity index is 1.54. The third-order valence-electron chi connectivity index (χ3n) is 7.29. The Morgan fingerprint density at radius 1 is 1.03 bits per heavy atom. The van der Waals surface area contributed by atoms with Gasteiger partial charge in [-0.2, -0.15) is 0 Å². The molecular weight excluding hydrogens is 426 g/mol. The van der Waals surface area contributed by atoms with Crippen molar-refractivity contribution in [3.8, 4) is 0 Å². The molecule has 2 aromatic carbocycles. The summed E-state index contributed by atoms with van der Waals surface area (Å²) in [5, 5.41) is 11.6. The van der Waals surface area contributed by atoms with Crippen LogP contribution in [0.5, 0.6) is 0 Å². The van der Waals surface area contributed by atoms with Crippen molar-refractivity contribution < 1.29 is 9.59 Å². The van der Waals surface area contributed by atoms with Gasteiger partial charge in [0.1, 0.15) is 5.82 Å². The zero-order chi connectivity index (χ0) is 23.7. The van der Waals surface area contributed by atoms with E-state index in [2.05, 4.69) is 53.6 Å². The Labute approximate surface area is 200 Å². The molecule has 5 rings (SSSR count). The monoisotopic (exact) mass is 457 g/mol. The summed E-state index contributed by atoms with van der Waals surface area (Å²) in [6, 6.07) is 19.9. The number of fused-ring (bicyclic) bond motifs is 2. The van der Waals surface area contributed by atoms with Crippen LogP contribution >= 0.6 is 0 Å². The van der Waals surface area contributed by atoms with Gasteiger partial charge in [0, 0.05) is 37.0 Å². The first-order chi connectivity index (χ1) is 16.5. The summed E-state index contributed by atoms with van der Waals surface area (Å²) >= 11 is 0. The zero-order valence-corrected chi connectivity index (χ0v) is 19.8. The lowest BCUT2D eigenvalue weighted by molar-refractivity contribution is 0.0688. The van der Waals surface area contributed by atoms with Crippen molar-refractivity contribution in [3.63, 3.8) is 0 Å². The van der Waals surface area contributed by atoms with Gasteiger partial charge in [-0.15, -0.1) is 10.2 Å². The maximum atomic E-state index is 13.6. The van der Waals surface area contributed by atoms with E-state index in [-0.39, 0.29) is 23.3 Å². The van der Waals surface area contributed by atoms with Gasteiger partial charge in [0.25, 0.3) is 11.8 Å². The molecule has 0 spiro atoms. The van der Waals surface area contributed by atoms with Crippen LogP contribution in [0.25, 0.3) is 0 Å². The summed E-state index contributed by atoms with van der Waals surface area (Å²) in [7, 11) is 0. The van der Waals surface area contributed by atoms with Crippen LogP contribution in [-0.2, 0) is 18.4 Å². The fourth-order valence-corrected chi connectivity index (χ4v) is 5.51. The van der Waals surface area contributed by atoms with Gasteiger partial charge in [-0.05, 0) is 36.5 Å². The maximum absolute atomic E-state index is 13.6. The number of hydrogen-bond donors (Lipinski definition) is 1. The predicted molar refractivity (Wildman–Crippen MR) is 130 cm³/mol. The first-order valence-corrected chi connectivity index (χ1v) is 12.1. The van der Waals surface area contributed by atoms with Gasteiger partial charge in [-0.25, -0.2) is 0 Å². The van der Waals surface area contributed by atoms with E-state index in [9.17, 15) is 9.59 Å². The van der Waals surface area contributed by atoms with E-state index in [1.807, 2.05) is 45.9 Å². The van der Waals surface area contributed by atoms with E-state index in [4.69, 9.17) is 0 Å². The maximum Gasteiger partial charge on any atom is 0.289 e. The quantitative estimate of drug-likeness (QED) is 0.636. The highest BCUT2D eigenvalue weighted by Gasteiger charge is 2.51. The number of aryl methyl sites for hydroxylation is 1. The molecule has 0 radical (unpaired) electrons. The number of carbonyl (C=O) groups is 2. The second kappa shape index (κ2) is 9.05. The Morgan fingerprint density at radius 2 is 1.74 bits per heavy atom. The highest BCUT2D eigenvalue weighted by molar-refractivity contribution is 5.95. The van der Waals surface area contributed by atoms with E-state index in [1.54, 1.807) is 0 Å². The molecule has 176 valence electrons. The Morgan fingerprint density at radius 3 is 2.44 bits per heavy atom. The Hall–Kier alpha value is -3.48. The first kappa shape index (κ1) is 22.3. The summed E-state index contributed by atoms with van der Waals surface area (Å²) < 4.78 is 1.95. The molecule has 3 aromatic rings. The van der Waals surface area contributed by atoms with Gasteiger partial charge in [-0.3, -0.25) is 9.59 Å². The van der Waals surface area contributed by atoms with Crippen LogP contribution in [0, 0.1) is 5.92 Å². The molecular formula is C27H31N5O2. The molecule has 34 heavy (non-hydrogen) atoms. The normalized spacial score (nSPS) is 21.6. The summed E-state index contributed by atoms with van der Waals surface area (Å²) in [4.78, 5) is 28.6. The number of rotatable bonds is 5. The fourth-order valence-electron chi connectivity index (χ4n) is 5.51. The van der Waals surface area contributed by atoms with E-state index in [0.717, 1.165) is 18.7 Å². The Kier molecular flexibility index (Phi) is 5.94. The highest BCUT2D eigenvalue weighted by Crippen LogP contribution is 2.46. The molecule has 2 amide bonds. The molecule has 1 fully saturated rings. The number of amides is 2. The number of nitrogens with zero attached hydrogens (tertiary/aromatic N) is 4. The van der Waals surface area contributed by atoms with E-state index in [0.29, 0.717) is 43.4 Å². The summed E-state index contributed by atoms with van der Waals surface area (Å²) in [6.07, 6.45) is 2.45. The van der Waals surface area contributed by atoms with Crippen molar-refractivity contribution in [2.75, 3.05) is 13.1 Å². The van der Waals surface area contributed by atoms with Gasteiger partial charge in [0.05, 0.1) is 6.04 Å². The molecule has 0 unspecified atom stereocenters. The van der Waals surface area contributed by atoms with Crippen LogP contribution in [0.2, 0.25) is 0 Å². The lowest BCUT2D eigenvalue weighted by Crippen LogP contribution is -2.47. The van der Waals surface area contributed by atoms with Gasteiger partial charge >= 0.3 is 0 Å². The average Bonchev–Trinajstić information content (AvgIpc) is 3.40. The van der Waals surface area contributed by atoms with Gasteiger partial charge in [0.15, 0.2) is 0 Å². The van der Waals surface area contributed by atoms with Gasteiger partial charge < -0.3 is 14.8 Å². The molecule has 1 N–H and O–H groups in total. The number of hydrogen-bond acceptors (Lipinski definition) is 4. The molecule has 2 aliphatic rings. The smallest absolute Gasteiger partial charge is 0.289 e.